The van der Waals surface area contributed by atoms with Crippen molar-refractivity contribution >= 4 is 21.8 Å². The van der Waals surface area contributed by atoms with Crippen LogP contribution in [0.1, 0.15) is 29.6 Å². The Labute approximate surface area is 135 Å². The van der Waals surface area contributed by atoms with Crippen molar-refractivity contribution in [2.45, 2.75) is 19.3 Å². The molecule has 1 N–H and O–H groups in total. The van der Waals surface area contributed by atoms with Crippen LogP contribution in [0.4, 0.5) is 0 Å². The van der Waals surface area contributed by atoms with Gasteiger partial charge in [-0.05, 0) is 57.0 Å². The van der Waals surface area contributed by atoms with Crippen LogP contribution in [0.15, 0.2) is 22.7 Å². The molecule has 1 aliphatic rings. The minimum Gasteiger partial charge on any atom is -0.496 e. The standard InChI is InChI=1S/C16H23BrN2O2/c1-18-8-5-12-6-9-19(10-7-12)16(20)14-4-3-13(17)11-15(14)21-2/h3-4,11-12,18H,5-10H2,1-2H3. The van der Waals surface area contributed by atoms with Crippen molar-refractivity contribution in [2.75, 3.05) is 33.8 Å². The van der Waals surface area contributed by atoms with E-state index in [9.17, 15) is 4.79 Å². The number of nitrogens with zero attached hydrogens (tertiary/aromatic N) is 1. The first kappa shape index (κ1) is 16.3. The minimum absolute atomic E-state index is 0.0754. The van der Waals surface area contributed by atoms with Crippen LogP contribution in [0.2, 0.25) is 0 Å². The summed E-state index contributed by atoms with van der Waals surface area (Å²) in [5, 5.41) is 3.19. The van der Waals surface area contributed by atoms with Crippen molar-refractivity contribution in [3.05, 3.63) is 28.2 Å². The topological polar surface area (TPSA) is 41.6 Å². The number of hydrogen-bond donors (Lipinski definition) is 1. The number of amides is 1. The van der Waals surface area contributed by atoms with E-state index in [0.29, 0.717) is 11.3 Å². The zero-order valence-electron chi connectivity index (χ0n) is 12.7. The maximum Gasteiger partial charge on any atom is 0.257 e. The van der Waals surface area contributed by atoms with Crippen molar-refractivity contribution in [2.24, 2.45) is 5.92 Å². The zero-order valence-corrected chi connectivity index (χ0v) is 14.3. The summed E-state index contributed by atoms with van der Waals surface area (Å²) < 4.78 is 6.24. The van der Waals surface area contributed by atoms with Crippen molar-refractivity contribution in [3.63, 3.8) is 0 Å². The maximum absolute atomic E-state index is 12.6. The smallest absolute Gasteiger partial charge is 0.257 e. The van der Waals surface area contributed by atoms with Crippen LogP contribution in [0.3, 0.4) is 0 Å². The van der Waals surface area contributed by atoms with Crippen LogP contribution >= 0.6 is 15.9 Å². The molecule has 5 heteroatoms. The van der Waals surface area contributed by atoms with Crippen molar-refractivity contribution in [1.82, 2.24) is 10.2 Å². The number of nitrogens with one attached hydrogen (secondary N) is 1. The summed E-state index contributed by atoms with van der Waals surface area (Å²) in [5.74, 6) is 1.44. The van der Waals surface area contributed by atoms with Gasteiger partial charge in [-0.1, -0.05) is 15.9 Å². The van der Waals surface area contributed by atoms with E-state index in [1.165, 1.54) is 6.42 Å². The number of hydrogen-bond acceptors (Lipinski definition) is 3. The van der Waals surface area contributed by atoms with Gasteiger partial charge in [0.25, 0.3) is 5.91 Å². The monoisotopic (exact) mass is 354 g/mol. The van der Waals surface area contributed by atoms with Gasteiger partial charge >= 0.3 is 0 Å². The molecule has 0 atom stereocenters. The molecule has 0 spiro atoms. The lowest BCUT2D eigenvalue weighted by Gasteiger charge is -2.32. The average molecular weight is 355 g/mol. The second-order valence-corrected chi connectivity index (χ2v) is 6.39. The lowest BCUT2D eigenvalue weighted by atomic mass is 9.93. The van der Waals surface area contributed by atoms with Crippen LogP contribution in [0.5, 0.6) is 5.75 Å². The van der Waals surface area contributed by atoms with Gasteiger partial charge in [-0.2, -0.15) is 0 Å². The Hall–Kier alpha value is -1.07. The van der Waals surface area contributed by atoms with Gasteiger partial charge in [0.05, 0.1) is 12.7 Å². The van der Waals surface area contributed by atoms with Crippen LogP contribution in [-0.4, -0.2) is 44.6 Å². The fraction of sp³-hybridized carbons (Fsp3) is 0.562. The van der Waals surface area contributed by atoms with Crippen molar-refractivity contribution < 1.29 is 9.53 Å². The fourth-order valence-corrected chi connectivity index (χ4v) is 3.13. The zero-order chi connectivity index (χ0) is 15.2. The number of piperidine rings is 1. The van der Waals surface area contributed by atoms with Gasteiger partial charge < -0.3 is 15.0 Å². The first-order valence-electron chi connectivity index (χ1n) is 7.43. The van der Waals surface area contributed by atoms with Gasteiger partial charge in [0, 0.05) is 17.6 Å². The Bertz CT molecular complexity index is 485. The van der Waals surface area contributed by atoms with E-state index in [1.54, 1.807) is 7.11 Å². The summed E-state index contributed by atoms with van der Waals surface area (Å²) in [6.07, 6.45) is 3.37. The molecule has 1 amide bonds. The molecule has 1 aromatic carbocycles. The predicted molar refractivity (Wildman–Crippen MR) is 87.9 cm³/mol. The van der Waals surface area contributed by atoms with E-state index < -0.39 is 0 Å². The highest BCUT2D eigenvalue weighted by atomic mass is 79.9. The summed E-state index contributed by atoms with van der Waals surface area (Å²) in [7, 11) is 3.58. The summed E-state index contributed by atoms with van der Waals surface area (Å²) in [6.45, 7) is 2.73. The number of halogens is 1. The van der Waals surface area contributed by atoms with Crippen LogP contribution < -0.4 is 10.1 Å². The Kier molecular flexibility index (Phi) is 6.06. The summed E-state index contributed by atoms with van der Waals surface area (Å²) in [6, 6.07) is 5.56. The molecular formula is C16H23BrN2O2. The van der Waals surface area contributed by atoms with Crippen LogP contribution in [0.25, 0.3) is 0 Å². The molecule has 1 saturated heterocycles. The predicted octanol–water partition coefficient (Wildman–Crippen LogP) is 2.92. The highest BCUT2D eigenvalue weighted by Gasteiger charge is 2.25. The van der Waals surface area contributed by atoms with Gasteiger partial charge in [-0.3, -0.25) is 4.79 Å². The molecule has 0 saturated carbocycles. The molecule has 1 aromatic rings. The molecule has 1 aliphatic heterocycles. The van der Waals surface area contributed by atoms with Gasteiger partial charge in [0.15, 0.2) is 0 Å². The molecule has 0 radical (unpaired) electrons. The van der Waals surface area contributed by atoms with E-state index >= 15 is 0 Å². The Morgan fingerprint density at radius 2 is 2.14 bits per heavy atom. The second kappa shape index (κ2) is 7.80. The van der Waals surface area contributed by atoms with E-state index in [1.807, 2.05) is 30.1 Å². The summed E-state index contributed by atoms with van der Waals surface area (Å²) in [5.41, 5.74) is 0.648. The highest BCUT2D eigenvalue weighted by Crippen LogP contribution is 2.27. The second-order valence-electron chi connectivity index (χ2n) is 5.47. The molecule has 2 rings (SSSR count). The molecule has 1 fully saturated rings. The van der Waals surface area contributed by atoms with Gasteiger partial charge in [0.2, 0.25) is 0 Å². The van der Waals surface area contributed by atoms with Gasteiger partial charge in [0.1, 0.15) is 5.75 Å². The first-order valence-corrected chi connectivity index (χ1v) is 8.22. The van der Waals surface area contributed by atoms with E-state index in [2.05, 4.69) is 21.2 Å². The molecule has 0 bridgehead atoms. The van der Waals surface area contributed by atoms with Crippen LogP contribution in [-0.2, 0) is 0 Å². The van der Waals surface area contributed by atoms with E-state index in [4.69, 9.17) is 4.74 Å². The number of carbonyl (C=O) groups is 1. The van der Waals surface area contributed by atoms with E-state index in [-0.39, 0.29) is 5.91 Å². The van der Waals surface area contributed by atoms with Gasteiger partial charge in [-0.15, -0.1) is 0 Å². The lowest BCUT2D eigenvalue weighted by Crippen LogP contribution is -2.39. The molecule has 0 aliphatic carbocycles. The van der Waals surface area contributed by atoms with Crippen molar-refractivity contribution in [3.8, 4) is 5.75 Å². The molecule has 21 heavy (non-hydrogen) atoms. The first-order chi connectivity index (χ1) is 10.2. The fourth-order valence-electron chi connectivity index (χ4n) is 2.79. The Morgan fingerprint density at radius 1 is 1.43 bits per heavy atom. The number of ether oxygens (including phenoxy) is 1. The Balaban J connectivity index is 1.99. The largest absolute Gasteiger partial charge is 0.496 e. The molecule has 0 aromatic heterocycles. The molecular weight excluding hydrogens is 332 g/mol. The number of methoxy groups -OCH3 is 1. The maximum atomic E-state index is 12.6. The highest BCUT2D eigenvalue weighted by molar-refractivity contribution is 9.10. The third-order valence-electron chi connectivity index (χ3n) is 4.10. The van der Waals surface area contributed by atoms with Gasteiger partial charge in [-0.25, -0.2) is 0 Å². The average Bonchev–Trinajstić information content (AvgIpc) is 2.52. The normalized spacial score (nSPS) is 16.0. The molecule has 1 heterocycles. The number of carbonyl (C=O) groups excluding carboxylic acids is 1. The summed E-state index contributed by atoms with van der Waals surface area (Å²) in [4.78, 5) is 14.6. The van der Waals surface area contributed by atoms with E-state index in [0.717, 1.165) is 42.9 Å². The lowest BCUT2D eigenvalue weighted by molar-refractivity contribution is 0.0684. The third-order valence-corrected chi connectivity index (χ3v) is 4.59. The molecule has 0 unspecified atom stereocenters. The van der Waals surface area contributed by atoms with Crippen molar-refractivity contribution in [1.29, 1.82) is 0 Å². The number of rotatable bonds is 5. The third kappa shape index (κ3) is 4.20. The molecule has 116 valence electrons. The number of likely N-dealkylation sites (tertiary alicyclic amines) is 1. The molecule has 4 nitrogen and oxygen atoms in total. The quantitative estimate of drug-likeness (QED) is 0.883. The Morgan fingerprint density at radius 3 is 2.76 bits per heavy atom. The SMILES string of the molecule is CNCCC1CCN(C(=O)c2ccc(Br)cc2OC)CC1. The number of benzene rings is 1. The minimum atomic E-state index is 0.0754. The summed E-state index contributed by atoms with van der Waals surface area (Å²) >= 11 is 3.40. The van der Waals surface area contributed by atoms with Crippen LogP contribution in [0, 0.1) is 5.92 Å².